The van der Waals surface area contributed by atoms with Gasteiger partial charge in [-0.05, 0) is 42.8 Å². The van der Waals surface area contributed by atoms with Crippen molar-refractivity contribution in [3.63, 3.8) is 0 Å². The Morgan fingerprint density at radius 2 is 2.05 bits per heavy atom. The molecule has 2 rings (SSSR count). The molecular weight excluding hydrogens is 323 g/mol. The van der Waals surface area contributed by atoms with Gasteiger partial charge in [-0.1, -0.05) is 22.0 Å². The van der Waals surface area contributed by atoms with Crippen LogP contribution in [0.25, 0.3) is 0 Å². The summed E-state index contributed by atoms with van der Waals surface area (Å²) in [5.74, 6) is 0.123. The lowest BCUT2D eigenvalue weighted by atomic mass is 10.1. The van der Waals surface area contributed by atoms with E-state index in [-0.39, 0.29) is 12.4 Å². The van der Waals surface area contributed by atoms with Crippen molar-refractivity contribution in [3.05, 3.63) is 63.4 Å². The minimum atomic E-state index is -0.418. The molecule has 2 aromatic rings. The van der Waals surface area contributed by atoms with E-state index in [2.05, 4.69) is 15.9 Å². The quantitative estimate of drug-likeness (QED) is 0.659. The number of amidine groups is 1. The highest BCUT2D eigenvalue weighted by molar-refractivity contribution is 9.10. The summed E-state index contributed by atoms with van der Waals surface area (Å²) >= 11 is 3.42. The smallest absolute Gasteiger partial charge is 0.123 e. The van der Waals surface area contributed by atoms with E-state index in [9.17, 15) is 4.39 Å². The molecular formula is C15H14BrFN2O. The molecule has 20 heavy (non-hydrogen) atoms. The maximum absolute atomic E-state index is 13.2. The molecule has 0 fully saturated rings. The topological polar surface area (TPSA) is 59.1 Å². The fourth-order valence-electron chi connectivity index (χ4n) is 1.79. The third-order valence-electron chi connectivity index (χ3n) is 2.89. The van der Waals surface area contributed by atoms with Crippen molar-refractivity contribution >= 4 is 21.8 Å². The first-order valence-electron chi connectivity index (χ1n) is 5.99. The summed E-state index contributed by atoms with van der Waals surface area (Å²) < 4.78 is 19.8. The molecule has 104 valence electrons. The first kappa shape index (κ1) is 14.5. The van der Waals surface area contributed by atoms with Crippen molar-refractivity contribution < 1.29 is 9.13 Å². The largest absolute Gasteiger partial charge is 0.489 e. The van der Waals surface area contributed by atoms with E-state index >= 15 is 0 Å². The number of rotatable bonds is 4. The predicted molar refractivity (Wildman–Crippen MR) is 80.6 cm³/mol. The van der Waals surface area contributed by atoms with Crippen LogP contribution in [-0.4, -0.2) is 5.84 Å². The number of nitrogens with one attached hydrogen (secondary N) is 1. The van der Waals surface area contributed by atoms with Crippen LogP contribution in [0, 0.1) is 18.2 Å². The average molecular weight is 337 g/mol. The lowest BCUT2D eigenvalue weighted by Crippen LogP contribution is -2.15. The van der Waals surface area contributed by atoms with Gasteiger partial charge in [-0.25, -0.2) is 4.39 Å². The predicted octanol–water partition coefficient (Wildman–Crippen LogP) is 3.76. The van der Waals surface area contributed by atoms with Gasteiger partial charge in [0.1, 0.15) is 24.0 Å². The van der Waals surface area contributed by atoms with Gasteiger partial charge in [-0.3, -0.25) is 5.41 Å². The molecule has 0 atom stereocenters. The molecule has 0 amide bonds. The standard InChI is InChI=1S/C15H14BrFN2O/c1-9-6-12(4-5-14(9)16)20-8-10-2-3-11(17)7-13(10)15(18)19/h2-7H,8H2,1H3,(H3,18,19). The van der Waals surface area contributed by atoms with Gasteiger partial charge < -0.3 is 10.5 Å². The van der Waals surface area contributed by atoms with E-state index in [4.69, 9.17) is 15.9 Å². The van der Waals surface area contributed by atoms with Crippen LogP contribution in [0.4, 0.5) is 4.39 Å². The fourth-order valence-corrected chi connectivity index (χ4v) is 2.04. The molecule has 0 bridgehead atoms. The highest BCUT2D eigenvalue weighted by atomic mass is 79.9. The summed E-state index contributed by atoms with van der Waals surface area (Å²) in [5, 5.41) is 7.47. The lowest BCUT2D eigenvalue weighted by molar-refractivity contribution is 0.305. The Bertz CT molecular complexity index is 658. The van der Waals surface area contributed by atoms with Crippen molar-refractivity contribution in [1.29, 1.82) is 5.41 Å². The van der Waals surface area contributed by atoms with Crippen LogP contribution in [-0.2, 0) is 6.61 Å². The van der Waals surface area contributed by atoms with Crippen molar-refractivity contribution in [2.45, 2.75) is 13.5 Å². The minimum Gasteiger partial charge on any atom is -0.489 e. The number of benzene rings is 2. The Labute approximate surface area is 125 Å². The SMILES string of the molecule is Cc1cc(OCc2ccc(F)cc2C(=N)N)ccc1Br. The summed E-state index contributed by atoms with van der Waals surface area (Å²) in [6, 6.07) is 9.81. The van der Waals surface area contributed by atoms with Crippen molar-refractivity contribution in [2.24, 2.45) is 5.73 Å². The van der Waals surface area contributed by atoms with Crippen LogP contribution in [0.5, 0.6) is 5.75 Å². The zero-order chi connectivity index (χ0) is 14.7. The molecule has 0 radical (unpaired) electrons. The molecule has 0 aliphatic carbocycles. The maximum Gasteiger partial charge on any atom is 0.123 e. The number of ether oxygens (including phenoxy) is 1. The first-order chi connectivity index (χ1) is 9.47. The van der Waals surface area contributed by atoms with E-state index in [1.54, 1.807) is 6.07 Å². The minimum absolute atomic E-state index is 0.171. The zero-order valence-electron chi connectivity index (χ0n) is 10.9. The number of nitrogen functional groups attached to an aromatic ring is 1. The van der Waals surface area contributed by atoms with Crippen LogP contribution >= 0.6 is 15.9 Å². The first-order valence-corrected chi connectivity index (χ1v) is 6.78. The van der Waals surface area contributed by atoms with E-state index in [0.717, 1.165) is 10.0 Å². The van der Waals surface area contributed by atoms with Crippen LogP contribution in [0.3, 0.4) is 0 Å². The summed E-state index contributed by atoms with van der Waals surface area (Å²) in [6.45, 7) is 2.20. The van der Waals surface area contributed by atoms with Crippen LogP contribution < -0.4 is 10.5 Å². The Morgan fingerprint density at radius 1 is 1.30 bits per heavy atom. The molecule has 0 aromatic heterocycles. The number of hydrogen-bond donors (Lipinski definition) is 2. The highest BCUT2D eigenvalue weighted by Crippen LogP contribution is 2.23. The van der Waals surface area contributed by atoms with Crippen LogP contribution in [0.1, 0.15) is 16.7 Å². The van der Waals surface area contributed by atoms with Crippen molar-refractivity contribution in [1.82, 2.24) is 0 Å². The molecule has 3 N–H and O–H groups in total. The number of hydrogen-bond acceptors (Lipinski definition) is 2. The highest BCUT2D eigenvalue weighted by Gasteiger charge is 2.08. The van der Waals surface area contributed by atoms with Crippen molar-refractivity contribution in [2.75, 3.05) is 0 Å². The zero-order valence-corrected chi connectivity index (χ0v) is 12.5. The van der Waals surface area contributed by atoms with Gasteiger partial charge in [-0.15, -0.1) is 0 Å². The average Bonchev–Trinajstić information content (AvgIpc) is 2.41. The van der Waals surface area contributed by atoms with E-state index in [1.165, 1.54) is 12.1 Å². The van der Waals surface area contributed by atoms with Gasteiger partial charge >= 0.3 is 0 Å². The summed E-state index contributed by atoms with van der Waals surface area (Å²) in [4.78, 5) is 0. The normalized spacial score (nSPS) is 10.3. The molecule has 0 unspecified atom stereocenters. The third kappa shape index (κ3) is 3.36. The van der Waals surface area contributed by atoms with Gasteiger partial charge in [0.25, 0.3) is 0 Å². The van der Waals surface area contributed by atoms with Gasteiger partial charge in [0, 0.05) is 15.6 Å². The van der Waals surface area contributed by atoms with E-state index in [1.807, 2.05) is 25.1 Å². The second-order valence-corrected chi connectivity index (χ2v) is 5.27. The Morgan fingerprint density at radius 3 is 2.70 bits per heavy atom. The Kier molecular flexibility index (Phi) is 4.39. The third-order valence-corrected chi connectivity index (χ3v) is 3.78. The molecule has 0 spiro atoms. The lowest BCUT2D eigenvalue weighted by Gasteiger charge is -2.11. The second kappa shape index (κ2) is 6.05. The van der Waals surface area contributed by atoms with Crippen LogP contribution in [0.2, 0.25) is 0 Å². The Balaban J connectivity index is 2.18. The van der Waals surface area contributed by atoms with E-state index < -0.39 is 5.82 Å². The number of aryl methyl sites for hydroxylation is 1. The number of halogens is 2. The summed E-state index contributed by atoms with van der Waals surface area (Å²) in [5.41, 5.74) is 7.55. The molecule has 0 saturated heterocycles. The summed E-state index contributed by atoms with van der Waals surface area (Å²) in [7, 11) is 0. The molecule has 0 heterocycles. The molecule has 2 aromatic carbocycles. The van der Waals surface area contributed by atoms with Crippen LogP contribution in [0.15, 0.2) is 40.9 Å². The van der Waals surface area contributed by atoms with Gasteiger partial charge in [-0.2, -0.15) is 0 Å². The monoisotopic (exact) mass is 336 g/mol. The number of nitrogens with two attached hydrogens (primary N) is 1. The maximum atomic E-state index is 13.2. The second-order valence-electron chi connectivity index (χ2n) is 4.41. The van der Waals surface area contributed by atoms with Gasteiger partial charge in [0.2, 0.25) is 0 Å². The molecule has 0 saturated carbocycles. The van der Waals surface area contributed by atoms with Crippen molar-refractivity contribution in [3.8, 4) is 5.75 Å². The summed E-state index contributed by atoms with van der Waals surface area (Å²) in [6.07, 6.45) is 0. The fraction of sp³-hybridized carbons (Fsp3) is 0.133. The van der Waals surface area contributed by atoms with E-state index in [0.29, 0.717) is 16.9 Å². The molecule has 5 heteroatoms. The molecule has 0 aliphatic rings. The Hall–Kier alpha value is -1.88. The van der Waals surface area contributed by atoms with Gasteiger partial charge in [0.15, 0.2) is 0 Å². The van der Waals surface area contributed by atoms with Gasteiger partial charge in [0.05, 0.1) is 0 Å². The molecule has 0 aliphatic heterocycles. The molecule has 3 nitrogen and oxygen atoms in total.